The first-order chi connectivity index (χ1) is 10.0. The molecule has 0 aliphatic carbocycles. The lowest BCUT2D eigenvalue weighted by atomic mass is 10.0. The number of benzene rings is 1. The van der Waals surface area contributed by atoms with Crippen LogP contribution in [0.25, 0.3) is 0 Å². The van der Waals surface area contributed by atoms with Crippen molar-refractivity contribution >= 4 is 5.69 Å². The van der Waals surface area contributed by atoms with E-state index in [0.717, 1.165) is 26.1 Å². The van der Waals surface area contributed by atoms with Crippen LogP contribution in [-0.2, 0) is 6.42 Å². The van der Waals surface area contributed by atoms with Crippen LogP contribution < -0.4 is 10.6 Å². The van der Waals surface area contributed by atoms with Gasteiger partial charge in [-0.3, -0.25) is 4.90 Å². The third-order valence-electron chi connectivity index (χ3n) is 4.65. The molecule has 2 atom stereocenters. The Labute approximate surface area is 130 Å². The van der Waals surface area contributed by atoms with E-state index in [1.165, 1.54) is 29.8 Å². The molecule has 0 aromatic heterocycles. The second-order valence-electron chi connectivity index (χ2n) is 6.41. The fourth-order valence-electron chi connectivity index (χ4n) is 3.57. The van der Waals surface area contributed by atoms with Gasteiger partial charge in [-0.15, -0.1) is 0 Å². The molecular weight excluding hydrogens is 258 g/mol. The minimum atomic E-state index is 0.231. The van der Waals surface area contributed by atoms with Gasteiger partial charge in [0.2, 0.25) is 0 Å². The first kappa shape index (κ1) is 16.3. The number of anilines is 1. The number of hydrogen-bond acceptors (Lipinski definition) is 3. The molecule has 1 aliphatic rings. The summed E-state index contributed by atoms with van der Waals surface area (Å²) in [6.45, 7) is 13.5. The van der Waals surface area contributed by atoms with Crippen molar-refractivity contribution in [3.8, 4) is 0 Å². The molecule has 0 amide bonds. The van der Waals surface area contributed by atoms with Crippen molar-refractivity contribution in [1.29, 1.82) is 0 Å². The van der Waals surface area contributed by atoms with Crippen LogP contribution in [0.3, 0.4) is 0 Å². The highest BCUT2D eigenvalue weighted by molar-refractivity contribution is 5.55. The van der Waals surface area contributed by atoms with Crippen LogP contribution in [0.2, 0.25) is 0 Å². The topological polar surface area (TPSA) is 32.5 Å². The van der Waals surface area contributed by atoms with Gasteiger partial charge in [0.1, 0.15) is 0 Å². The SMILES string of the molecule is CCN(CC)C1CCN(c2ccc(CC(C)N)cc2C)C1. The highest BCUT2D eigenvalue weighted by Gasteiger charge is 2.26. The van der Waals surface area contributed by atoms with Gasteiger partial charge in [0, 0.05) is 30.9 Å². The third-order valence-corrected chi connectivity index (χ3v) is 4.65. The lowest BCUT2D eigenvalue weighted by Crippen LogP contribution is -2.37. The van der Waals surface area contributed by atoms with E-state index < -0.39 is 0 Å². The summed E-state index contributed by atoms with van der Waals surface area (Å²) in [4.78, 5) is 5.13. The normalized spacial score (nSPS) is 20.3. The zero-order valence-electron chi connectivity index (χ0n) is 14.1. The maximum Gasteiger partial charge on any atom is 0.0396 e. The Morgan fingerprint density at radius 3 is 2.62 bits per heavy atom. The Morgan fingerprint density at radius 1 is 1.33 bits per heavy atom. The molecule has 2 N–H and O–H groups in total. The molecule has 2 rings (SSSR count). The standard InChI is InChI=1S/C18H31N3/c1-5-20(6-2)17-9-10-21(13-17)18-8-7-16(11-14(18)3)12-15(4)19/h7-8,11,15,17H,5-6,9-10,12-13,19H2,1-4H3. The zero-order valence-corrected chi connectivity index (χ0v) is 14.1. The Balaban J connectivity index is 2.06. The van der Waals surface area contributed by atoms with Crippen molar-refractivity contribution < 1.29 is 0 Å². The van der Waals surface area contributed by atoms with Gasteiger partial charge in [-0.2, -0.15) is 0 Å². The Kier molecular flexibility index (Phi) is 5.65. The Bertz CT molecular complexity index is 452. The fraction of sp³-hybridized carbons (Fsp3) is 0.667. The second-order valence-corrected chi connectivity index (χ2v) is 6.41. The van der Waals surface area contributed by atoms with Crippen LogP contribution in [-0.4, -0.2) is 43.2 Å². The average molecular weight is 289 g/mol. The van der Waals surface area contributed by atoms with E-state index in [1.807, 2.05) is 0 Å². The molecule has 21 heavy (non-hydrogen) atoms. The number of nitrogens with zero attached hydrogens (tertiary/aromatic N) is 2. The van der Waals surface area contributed by atoms with Gasteiger partial charge in [0.05, 0.1) is 0 Å². The predicted molar refractivity (Wildman–Crippen MR) is 92.1 cm³/mol. The smallest absolute Gasteiger partial charge is 0.0396 e. The predicted octanol–water partition coefficient (Wildman–Crippen LogP) is 2.81. The molecule has 0 bridgehead atoms. The van der Waals surface area contributed by atoms with Crippen molar-refractivity contribution in [3.05, 3.63) is 29.3 Å². The van der Waals surface area contributed by atoms with Gasteiger partial charge in [-0.05, 0) is 57.0 Å². The summed E-state index contributed by atoms with van der Waals surface area (Å²) in [6.07, 6.45) is 2.24. The van der Waals surface area contributed by atoms with E-state index >= 15 is 0 Å². The van der Waals surface area contributed by atoms with Crippen molar-refractivity contribution in [3.63, 3.8) is 0 Å². The first-order valence-corrected chi connectivity index (χ1v) is 8.39. The quantitative estimate of drug-likeness (QED) is 0.874. The van der Waals surface area contributed by atoms with Crippen molar-refractivity contribution in [2.45, 2.75) is 52.6 Å². The summed E-state index contributed by atoms with van der Waals surface area (Å²) in [5, 5.41) is 0. The minimum absolute atomic E-state index is 0.231. The van der Waals surface area contributed by atoms with Gasteiger partial charge in [-0.25, -0.2) is 0 Å². The van der Waals surface area contributed by atoms with Crippen LogP contribution in [0.15, 0.2) is 18.2 Å². The third kappa shape index (κ3) is 3.98. The van der Waals surface area contributed by atoms with Crippen LogP contribution in [0, 0.1) is 6.92 Å². The van der Waals surface area contributed by atoms with Gasteiger partial charge in [-0.1, -0.05) is 26.0 Å². The zero-order chi connectivity index (χ0) is 15.4. The largest absolute Gasteiger partial charge is 0.370 e. The fourth-order valence-corrected chi connectivity index (χ4v) is 3.57. The van der Waals surface area contributed by atoms with E-state index in [9.17, 15) is 0 Å². The van der Waals surface area contributed by atoms with Gasteiger partial charge >= 0.3 is 0 Å². The van der Waals surface area contributed by atoms with Gasteiger partial charge in [0.15, 0.2) is 0 Å². The molecule has 0 spiro atoms. The highest BCUT2D eigenvalue weighted by atomic mass is 15.2. The molecule has 1 aliphatic heterocycles. The molecule has 2 unspecified atom stereocenters. The van der Waals surface area contributed by atoms with Crippen molar-refractivity contribution in [1.82, 2.24) is 4.90 Å². The summed E-state index contributed by atoms with van der Waals surface area (Å²) in [5.74, 6) is 0. The Hall–Kier alpha value is -1.06. The molecule has 3 nitrogen and oxygen atoms in total. The van der Waals surface area contributed by atoms with E-state index in [2.05, 4.69) is 55.7 Å². The molecule has 0 saturated carbocycles. The second kappa shape index (κ2) is 7.28. The maximum absolute atomic E-state index is 5.90. The molecule has 1 saturated heterocycles. The van der Waals surface area contributed by atoms with Crippen molar-refractivity contribution in [2.24, 2.45) is 5.73 Å². The molecule has 1 aromatic rings. The summed E-state index contributed by atoms with van der Waals surface area (Å²) in [5.41, 5.74) is 10.0. The minimum Gasteiger partial charge on any atom is -0.370 e. The molecule has 1 fully saturated rings. The van der Waals surface area contributed by atoms with E-state index in [0.29, 0.717) is 6.04 Å². The Morgan fingerprint density at radius 2 is 2.05 bits per heavy atom. The molecule has 3 heteroatoms. The highest BCUT2D eigenvalue weighted by Crippen LogP contribution is 2.27. The first-order valence-electron chi connectivity index (χ1n) is 8.39. The summed E-state index contributed by atoms with van der Waals surface area (Å²) < 4.78 is 0. The average Bonchev–Trinajstić information content (AvgIpc) is 2.89. The molecule has 0 radical (unpaired) electrons. The van der Waals surface area contributed by atoms with Crippen molar-refractivity contribution in [2.75, 3.05) is 31.1 Å². The van der Waals surface area contributed by atoms with Crippen LogP contribution >= 0.6 is 0 Å². The maximum atomic E-state index is 5.90. The van der Waals surface area contributed by atoms with Crippen LogP contribution in [0.4, 0.5) is 5.69 Å². The number of nitrogens with two attached hydrogens (primary N) is 1. The number of hydrogen-bond donors (Lipinski definition) is 1. The molecular formula is C18H31N3. The summed E-state index contributed by atoms with van der Waals surface area (Å²) >= 11 is 0. The van der Waals surface area contributed by atoms with Crippen LogP contribution in [0.5, 0.6) is 0 Å². The van der Waals surface area contributed by atoms with E-state index in [1.54, 1.807) is 0 Å². The monoisotopic (exact) mass is 289 g/mol. The van der Waals surface area contributed by atoms with E-state index in [-0.39, 0.29) is 6.04 Å². The van der Waals surface area contributed by atoms with Crippen LogP contribution in [0.1, 0.15) is 38.3 Å². The van der Waals surface area contributed by atoms with Gasteiger partial charge < -0.3 is 10.6 Å². The van der Waals surface area contributed by atoms with Gasteiger partial charge in [0.25, 0.3) is 0 Å². The number of rotatable bonds is 6. The lowest BCUT2D eigenvalue weighted by molar-refractivity contribution is 0.232. The molecule has 1 aromatic carbocycles. The molecule has 118 valence electrons. The van der Waals surface area contributed by atoms with E-state index in [4.69, 9.17) is 5.73 Å². The summed E-state index contributed by atoms with van der Waals surface area (Å²) in [6, 6.07) is 7.79. The number of likely N-dealkylation sites (N-methyl/N-ethyl adjacent to an activating group) is 1. The summed E-state index contributed by atoms with van der Waals surface area (Å²) in [7, 11) is 0. The number of aryl methyl sites for hydroxylation is 1. The molecule has 1 heterocycles. The lowest BCUT2D eigenvalue weighted by Gasteiger charge is -2.27.